The molecule has 0 saturated carbocycles. The predicted octanol–water partition coefficient (Wildman–Crippen LogP) is 4.48. The van der Waals surface area contributed by atoms with E-state index in [9.17, 15) is 0 Å². The summed E-state index contributed by atoms with van der Waals surface area (Å²) in [6.07, 6.45) is 0. The van der Waals surface area contributed by atoms with Crippen LogP contribution in [0.1, 0.15) is 5.56 Å². The Hall–Kier alpha value is -1.10. The summed E-state index contributed by atoms with van der Waals surface area (Å²) in [5.41, 5.74) is 8.31. The first-order valence-electron chi connectivity index (χ1n) is 5.19. The molecular weight excluding hydrogens is 332 g/mol. The highest BCUT2D eigenvalue weighted by Crippen LogP contribution is 2.27. The summed E-state index contributed by atoms with van der Waals surface area (Å²) in [5.74, 6) is 0. The van der Waals surface area contributed by atoms with Crippen LogP contribution >= 0.6 is 39.7 Å². The van der Waals surface area contributed by atoms with Gasteiger partial charge in [0.15, 0.2) is 0 Å². The third kappa shape index (κ3) is 3.02. The number of rotatable bonds is 3. The third-order valence-electron chi connectivity index (χ3n) is 2.38. The molecule has 0 aliphatic rings. The fourth-order valence-corrected chi connectivity index (χ4v) is 2.62. The van der Waals surface area contributed by atoms with Gasteiger partial charge in [0.25, 0.3) is 0 Å². The topological polar surface area (TPSA) is 38.0 Å². The largest absolute Gasteiger partial charge is 0.389 e. The maximum Gasteiger partial charge on any atom is 0.107 e. The second-order valence-corrected chi connectivity index (χ2v) is 5.39. The summed E-state index contributed by atoms with van der Waals surface area (Å²) in [6.45, 7) is 0. The minimum atomic E-state index is 0.346. The molecular formula is C13H10BrClN2S. The first-order chi connectivity index (χ1) is 8.58. The normalized spacial score (nSPS) is 10.1. The highest BCUT2D eigenvalue weighted by Gasteiger charge is 2.09. The van der Waals surface area contributed by atoms with Crippen molar-refractivity contribution in [2.24, 2.45) is 5.73 Å². The quantitative estimate of drug-likeness (QED) is 0.808. The van der Waals surface area contributed by atoms with Crippen LogP contribution in [0.4, 0.5) is 11.4 Å². The fraction of sp³-hybridized carbons (Fsp3) is 0. The van der Waals surface area contributed by atoms with Crippen molar-refractivity contribution in [1.82, 2.24) is 0 Å². The smallest absolute Gasteiger partial charge is 0.107 e. The molecule has 2 rings (SSSR count). The summed E-state index contributed by atoms with van der Waals surface area (Å²) in [4.78, 5) is 0.346. The first kappa shape index (κ1) is 13.3. The Morgan fingerprint density at radius 2 is 1.83 bits per heavy atom. The molecule has 5 heteroatoms. The van der Waals surface area contributed by atoms with E-state index in [4.69, 9.17) is 29.6 Å². The van der Waals surface area contributed by atoms with Crippen LogP contribution in [0, 0.1) is 0 Å². The number of anilines is 2. The van der Waals surface area contributed by atoms with Gasteiger partial charge in [0.05, 0.1) is 0 Å². The van der Waals surface area contributed by atoms with Crippen molar-refractivity contribution in [1.29, 1.82) is 0 Å². The number of nitrogens with two attached hydrogens (primary N) is 1. The average molecular weight is 342 g/mol. The van der Waals surface area contributed by atoms with Crippen molar-refractivity contribution >= 4 is 56.1 Å². The number of halogens is 2. The molecule has 0 saturated heterocycles. The molecule has 0 atom stereocenters. The number of hydrogen-bond donors (Lipinski definition) is 2. The fourth-order valence-electron chi connectivity index (χ4n) is 1.57. The summed E-state index contributed by atoms with van der Waals surface area (Å²) in [5, 5.41) is 3.96. The monoisotopic (exact) mass is 340 g/mol. The molecule has 3 N–H and O–H groups in total. The molecule has 0 amide bonds. The third-order valence-corrected chi connectivity index (χ3v) is 3.50. The van der Waals surface area contributed by atoms with Crippen LogP contribution in [0.25, 0.3) is 0 Å². The zero-order chi connectivity index (χ0) is 13.1. The van der Waals surface area contributed by atoms with E-state index in [-0.39, 0.29) is 0 Å². The van der Waals surface area contributed by atoms with Crippen LogP contribution in [-0.2, 0) is 0 Å². The predicted molar refractivity (Wildman–Crippen MR) is 84.8 cm³/mol. The maximum absolute atomic E-state index is 5.85. The van der Waals surface area contributed by atoms with E-state index in [1.807, 2.05) is 42.5 Å². The van der Waals surface area contributed by atoms with Crippen LogP contribution in [0.15, 0.2) is 46.9 Å². The van der Waals surface area contributed by atoms with Gasteiger partial charge in [0.2, 0.25) is 0 Å². The van der Waals surface area contributed by atoms with Gasteiger partial charge in [0.1, 0.15) is 4.99 Å². The lowest BCUT2D eigenvalue weighted by molar-refractivity contribution is 1.50. The minimum Gasteiger partial charge on any atom is -0.389 e. The number of thiocarbonyl (C=S) groups is 1. The van der Waals surface area contributed by atoms with E-state index in [0.717, 1.165) is 21.4 Å². The van der Waals surface area contributed by atoms with E-state index in [1.54, 1.807) is 0 Å². The Morgan fingerprint density at radius 1 is 1.17 bits per heavy atom. The lowest BCUT2D eigenvalue weighted by atomic mass is 10.1. The van der Waals surface area contributed by atoms with Gasteiger partial charge in [-0.15, -0.1) is 0 Å². The van der Waals surface area contributed by atoms with Gasteiger partial charge >= 0.3 is 0 Å². The molecule has 0 unspecified atom stereocenters. The van der Waals surface area contributed by atoms with E-state index in [2.05, 4.69) is 21.2 Å². The lowest BCUT2D eigenvalue weighted by Crippen LogP contribution is -2.12. The van der Waals surface area contributed by atoms with Gasteiger partial charge in [-0.2, -0.15) is 0 Å². The van der Waals surface area contributed by atoms with Gasteiger partial charge in [-0.25, -0.2) is 0 Å². The molecule has 0 spiro atoms. The molecule has 0 aliphatic carbocycles. The zero-order valence-corrected chi connectivity index (χ0v) is 12.4. The molecule has 0 aliphatic heterocycles. The van der Waals surface area contributed by atoms with E-state index in [1.165, 1.54) is 0 Å². The Labute approximate surface area is 124 Å². The SMILES string of the molecule is NC(=S)c1c(Br)cccc1Nc1ccc(Cl)cc1. The molecule has 18 heavy (non-hydrogen) atoms. The van der Waals surface area contributed by atoms with E-state index < -0.39 is 0 Å². The van der Waals surface area contributed by atoms with Gasteiger partial charge in [-0.05, 0) is 52.3 Å². The lowest BCUT2D eigenvalue weighted by Gasteiger charge is -2.12. The van der Waals surface area contributed by atoms with Crippen LogP contribution in [0.3, 0.4) is 0 Å². The summed E-state index contributed by atoms with van der Waals surface area (Å²) in [6, 6.07) is 13.2. The van der Waals surface area contributed by atoms with E-state index >= 15 is 0 Å². The summed E-state index contributed by atoms with van der Waals surface area (Å²) < 4.78 is 0.869. The van der Waals surface area contributed by atoms with Crippen molar-refractivity contribution in [2.75, 3.05) is 5.32 Å². The van der Waals surface area contributed by atoms with Crippen LogP contribution in [0.2, 0.25) is 5.02 Å². The molecule has 0 bridgehead atoms. The van der Waals surface area contributed by atoms with Crippen LogP contribution < -0.4 is 11.1 Å². The van der Waals surface area contributed by atoms with Gasteiger partial charge in [0, 0.05) is 26.4 Å². The van der Waals surface area contributed by atoms with Crippen molar-refractivity contribution in [3.63, 3.8) is 0 Å². The summed E-state index contributed by atoms with van der Waals surface area (Å²) in [7, 11) is 0. The number of benzene rings is 2. The Bertz CT molecular complexity index is 584. The molecule has 92 valence electrons. The molecule has 0 fully saturated rings. The first-order valence-corrected chi connectivity index (χ1v) is 6.77. The van der Waals surface area contributed by atoms with Crippen molar-refractivity contribution in [3.05, 3.63) is 57.5 Å². The molecule has 2 aromatic rings. The van der Waals surface area contributed by atoms with Crippen LogP contribution in [-0.4, -0.2) is 4.99 Å². The Kier molecular flexibility index (Phi) is 4.22. The minimum absolute atomic E-state index is 0.346. The van der Waals surface area contributed by atoms with Crippen LogP contribution in [0.5, 0.6) is 0 Å². The van der Waals surface area contributed by atoms with Gasteiger partial charge in [-0.1, -0.05) is 29.9 Å². The molecule has 0 heterocycles. The number of hydrogen-bond acceptors (Lipinski definition) is 2. The maximum atomic E-state index is 5.85. The molecule has 2 aromatic carbocycles. The standard InChI is InChI=1S/C13H10BrClN2S/c14-10-2-1-3-11(12(10)13(16)18)17-9-6-4-8(15)5-7-9/h1-7,17H,(H2,16,18). The van der Waals surface area contributed by atoms with Gasteiger partial charge in [-0.3, -0.25) is 0 Å². The molecule has 2 nitrogen and oxygen atoms in total. The summed E-state index contributed by atoms with van der Waals surface area (Å²) >= 11 is 14.4. The second kappa shape index (κ2) is 5.69. The zero-order valence-electron chi connectivity index (χ0n) is 9.28. The number of nitrogens with one attached hydrogen (secondary N) is 1. The molecule has 0 radical (unpaired) electrons. The average Bonchev–Trinajstić information content (AvgIpc) is 2.32. The van der Waals surface area contributed by atoms with E-state index in [0.29, 0.717) is 10.0 Å². The Balaban J connectivity index is 2.37. The van der Waals surface area contributed by atoms with Crippen molar-refractivity contribution < 1.29 is 0 Å². The second-order valence-electron chi connectivity index (χ2n) is 3.66. The van der Waals surface area contributed by atoms with Crippen molar-refractivity contribution in [3.8, 4) is 0 Å². The Morgan fingerprint density at radius 3 is 2.44 bits per heavy atom. The molecule has 0 aromatic heterocycles. The van der Waals surface area contributed by atoms with Crippen molar-refractivity contribution in [2.45, 2.75) is 0 Å². The highest BCUT2D eigenvalue weighted by atomic mass is 79.9. The highest BCUT2D eigenvalue weighted by molar-refractivity contribution is 9.10. The van der Waals surface area contributed by atoms with Gasteiger partial charge < -0.3 is 11.1 Å².